The summed E-state index contributed by atoms with van der Waals surface area (Å²) in [6.07, 6.45) is -0.639. The summed E-state index contributed by atoms with van der Waals surface area (Å²) < 4.78 is 17.4. The van der Waals surface area contributed by atoms with Gasteiger partial charge in [-0.25, -0.2) is 0 Å². The number of allylic oxidation sites excluding steroid dienone is 2. The van der Waals surface area contributed by atoms with Crippen LogP contribution in [0.15, 0.2) is 23.3 Å². The highest BCUT2D eigenvalue weighted by atomic mass is 16.6. The number of hydrogen-bond acceptors (Lipinski definition) is 9. The summed E-state index contributed by atoms with van der Waals surface area (Å²) in [7, 11) is 0. The minimum atomic E-state index is -1.55. The van der Waals surface area contributed by atoms with Gasteiger partial charge >= 0.3 is 17.9 Å². The molecule has 1 saturated carbocycles. The van der Waals surface area contributed by atoms with E-state index >= 15 is 0 Å². The van der Waals surface area contributed by atoms with E-state index in [4.69, 9.17) is 14.2 Å². The topological polar surface area (TPSA) is 133 Å². The van der Waals surface area contributed by atoms with Crippen molar-refractivity contribution in [1.82, 2.24) is 0 Å². The number of carbonyl (C=O) groups is 5. The monoisotopic (exact) mass is 490 g/mol. The molecule has 2 bridgehead atoms. The van der Waals surface area contributed by atoms with E-state index < -0.39 is 70.6 Å². The number of aliphatic hydroxyl groups excluding tert-OH is 1. The highest BCUT2D eigenvalue weighted by molar-refractivity contribution is 5.99. The van der Waals surface area contributed by atoms with Gasteiger partial charge in [-0.3, -0.25) is 24.0 Å². The zero-order chi connectivity index (χ0) is 26.5. The Hall–Kier alpha value is -2.81. The third kappa shape index (κ3) is 4.35. The van der Waals surface area contributed by atoms with E-state index in [-0.39, 0.29) is 18.8 Å². The van der Waals surface area contributed by atoms with Gasteiger partial charge in [-0.15, -0.1) is 0 Å². The highest BCUT2D eigenvalue weighted by Crippen LogP contribution is 2.58. The number of ether oxygens (including phenoxy) is 3. The van der Waals surface area contributed by atoms with E-state index in [1.165, 1.54) is 26.8 Å². The number of aliphatic hydroxyl groups is 1. The SMILES string of the molecule is CC(=O)O[C@H]1[C@@H]2[C@H](CO)C=CC(=O)[C@@]2(C)[C@@H](OC(C)=O)[C@H](OC(C)=O)C2=C(C)C(=O)C[C@@H]1C2(C)C. The third-order valence-corrected chi connectivity index (χ3v) is 8.03. The Labute approximate surface area is 204 Å². The van der Waals surface area contributed by atoms with E-state index in [0.29, 0.717) is 11.1 Å². The van der Waals surface area contributed by atoms with E-state index in [1.807, 2.05) is 13.8 Å². The van der Waals surface area contributed by atoms with Crippen LogP contribution in [-0.4, -0.2) is 59.5 Å². The lowest BCUT2D eigenvalue weighted by molar-refractivity contribution is -0.204. The second-order valence-electron chi connectivity index (χ2n) is 10.5. The molecule has 9 nitrogen and oxygen atoms in total. The first-order valence-electron chi connectivity index (χ1n) is 11.8. The van der Waals surface area contributed by atoms with E-state index in [0.717, 1.165) is 0 Å². The molecule has 0 radical (unpaired) electrons. The summed E-state index contributed by atoms with van der Waals surface area (Å²) in [6.45, 7) is 10.2. The number of fused-ring (bicyclic) bond motifs is 3. The molecule has 0 aliphatic heterocycles. The first-order valence-corrected chi connectivity index (χ1v) is 11.8. The summed E-state index contributed by atoms with van der Waals surface area (Å²) in [5.74, 6) is -4.75. The van der Waals surface area contributed by atoms with Gasteiger partial charge in [0.1, 0.15) is 6.10 Å². The van der Waals surface area contributed by atoms with Crippen LogP contribution < -0.4 is 0 Å². The molecule has 0 aromatic heterocycles. The Bertz CT molecular complexity index is 1020. The molecule has 1 N–H and O–H groups in total. The summed E-state index contributed by atoms with van der Waals surface area (Å²) >= 11 is 0. The number of hydrogen-bond donors (Lipinski definition) is 1. The van der Waals surface area contributed by atoms with Crippen molar-refractivity contribution in [2.75, 3.05) is 6.61 Å². The van der Waals surface area contributed by atoms with Crippen molar-refractivity contribution in [2.24, 2.45) is 28.6 Å². The maximum absolute atomic E-state index is 13.6. The minimum Gasteiger partial charge on any atom is -0.462 e. The largest absolute Gasteiger partial charge is 0.462 e. The van der Waals surface area contributed by atoms with Crippen LogP contribution in [0, 0.1) is 28.6 Å². The average molecular weight is 491 g/mol. The number of esters is 3. The molecule has 0 aromatic rings. The van der Waals surface area contributed by atoms with Crippen LogP contribution in [0.1, 0.15) is 54.9 Å². The van der Waals surface area contributed by atoms with Crippen molar-refractivity contribution in [3.8, 4) is 0 Å². The molecule has 192 valence electrons. The number of ketones is 2. The van der Waals surface area contributed by atoms with Crippen molar-refractivity contribution < 1.29 is 43.3 Å². The summed E-state index contributed by atoms with van der Waals surface area (Å²) in [4.78, 5) is 63.8. The van der Waals surface area contributed by atoms with Crippen LogP contribution >= 0.6 is 0 Å². The van der Waals surface area contributed by atoms with Gasteiger partial charge in [0.05, 0.1) is 5.41 Å². The van der Waals surface area contributed by atoms with Gasteiger partial charge in [-0.2, -0.15) is 0 Å². The normalized spacial score (nSPS) is 36.0. The Morgan fingerprint density at radius 3 is 2.09 bits per heavy atom. The van der Waals surface area contributed by atoms with Gasteiger partial charge in [0.15, 0.2) is 23.8 Å². The molecule has 9 heteroatoms. The average Bonchev–Trinajstić information content (AvgIpc) is 2.73. The zero-order valence-electron chi connectivity index (χ0n) is 21.2. The van der Waals surface area contributed by atoms with Crippen molar-refractivity contribution in [2.45, 2.75) is 73.2 Å². The molecular weight excluding hydrogens is 456 g/mol. The molecule has 0 aromatic carbocycles. The zero-order valence-corrected chi connectivity index (χ0v) is 21.2. The summed E-state index contributed by atoms with van der Waals surface area (Å²) in [5, 5.41) is 10.3. The smallest absolute Gasteiger partial charge is 0.303 e. The molecule has 3 aliphatic rings. The van der Waals surface area contributed by atoms with E-state index in [9.17, 15) is 29.1 Å². The maximum atomic E-state index is 13.6. The fourth-order valence-corrected chi connectivity index (χ4v) is 6.48. The number of rotatable bonds is 4. The fraction of sp³-hybridized carbons (Fsp3) is 0.654. The minimum absolute atomic E-state index is 0.0357. The first kappa shape index (κ1) is 26.8. The summed E-state index contributed by atoms with van der Waals surface area (Å²) in [5.41, 5.74) is -1.62. The van der Waals surface area contributed by atoms with Gasteiger partial charge in [0.2, 0.25) is 0 Å². The molecule has 0 amide bonds. The molecule has 1 fully saturated rings. The lowest BCUT2D eigenvalue weighted by atomic mass is 9.49. The second-order valence-corrected chi connectivity index (χ2v) is 10.5. The first-order chi connectivity index (χ1) is 16.2. The van der Waals surface area contributed by atoms with Gasteiger partial charge in [-0.1, -0.05) is 19.9 Å². The predicted octanol–water partition coefficient (Wildman–Crippen LogP) is 2.10. The predicted molar refractivity (Wildman–Crippen MR) is 123 cm³/mol. The standard InChI is InChI=1S/C26H34O9/c1-12-18(31)10-17-22(33-13(2)28)21-16(11-27)8-9-19(32)26(21,7)24(35-15(4)30)23(34-14(3)29)20(12)25(17,5)6/h8-9,16-17,21-24,27H,10-11H2,1-7H3/t16-,17-,21-,22+,23+,24-,26+/m0/s1. The van der Waals surface area contributed by atoms with E-state index in [2.05, 4.69) is 0 Å². The second kappa shape index (κ2) is 9.33. The Morgan fingerprint density at radius 1 is 1.00 bits per heavy atom. The molecule has 0 spiro atoms. The fourth-order valence-electron chi connectivity index (χ4n) is 6.48. The third-order valence-electron chi connectivity index (χ3n) is 8.03. The molecular formula is C26H34O9. The van der Waals surface area contributed by atoms with Gasteiger partial charge in [-0.05, 0) is 36.5 Å². The van der Waals surface area contributed by atoms with Crippen LogP contribution in [0.2, 0.25) is 0 Å². The maximum Gasteiger partial charge on any atom is 0.303 e. The molecule has 0 saturated heterocycles. The number of Topliss-reactive ketones (excluding diaryl/α,β-unsaturated/α-hetero) is 1. The van der Waals surface area contributed by atoms with Crippen LogP contribution in [0.4, 0.5) is 0 Å². The molecule has 35 heavy (non-hydrogen) atoms. The summed E-state index contributed by atoms with van der Waals surface area (Å²) in [6, 6.07) is 0. The van der Waals surface area contributed by atoms with Gasteiger partial charge in [0.25, 0.3) is 0 Å². The molecule has 0 heterocycles. The lowest BCUT2D eigenvalue weighted by Crippen LogP contribution is -2.66. The van der Waals surface area contributed by atoms with Crippen LogP contribution in [0.5, 0.6) is 0 Å². The number of carbonyl (C=O) groups excluding carboxylic acids is 5. The highest BCUT2D eigenvalue weighted by Gasteiger charge is 2.66. The van der Waals surface area contributed by atoms with Crippen LogP contribution in [0.3, 0.4) is 0 Å². The Balaban J connectivity index is 2.47. The molecule has 7 atom stereocenters. The van der Waals surface area contributed by atoms with Gasteiger partial charge in [0, 0.05) is 51.6 Å². The van der Waals surface area contributed by atoms with Crippen molar-refractivity contribution in [3.05, 3.63) is 23.3 Å². The Morgan fingerprint density at radius 2 is 1.57 bits per heavy atom. The van der Waals surface area contributed by atoms with Crippen molar-refractivity contribution in [1.29, 1.82) is 0 Å². The molecule has 3 aliphatic carbocycles. The molecule has 3 rings (SSSR count). The van der Waals surface area contributed by atoms with Crippen molar-refractivity contribution >= 4 is 29.5 Å². The van der Waals surface area contributed by atoms with Crippen LogP contribution in [-0.2, 0) is 38.2 Å². The lowest BCUT2D eigenvalue weighted by Gasteiger charge is -2.58. The molecule has 0 unspecified atom stereocenters. The quantitative estimate of drug-likeness (QED) is 0.464. The van der Waals surface area contributed by atoms with Crippen LogP contribution in [0.25, 0.3) is 0 Å². The van der Waals surface area contributed by atoms with E-state index in [1.54, 1.807) is 19.9 Å². The van der Waals surface area contributed by atoms with Crippen molar-refractivity contribution in [3.63, 3.8) is 0 Å². The van der Waals surface area contributed by atoms with Gasteiger partial charge < -0.3 is 19.3 Å². The Kier molecular flexibility index (Phi) is 7.14.